The first-order valence-corrected chi connectivity index (χ1v) is 21.4. The quantitative estimate of drug-likeness (QED) is 0.0212. The van der Waals surface area contributed by atoms with Crippen LogP contribution in [0.2, 0.25) is 0 Å². The highest BCUT2D eigenvalue weighted by molar-refractivity contribution is 7.47. The number of phosphoric acid groups is 1. The van der Waals surface area contributed by atoms with Crippen LogP contribution in [0, 0.1) is 0 Å². The largest absolute Gasteiger partial charge is 0.472 e. The molecule has 0 aliphatic rings. The van der Waals surface area contributed by atoms with E-state index in [2.05, 4.69) is 13.8 Å². The van der Waals surface area contributed by atoms with Gasteiger partial charge in [0, 0.05) is 19.0 Å². The van der Waals surface area contributed by atoms with Gasteiger partial charge in [-0.25, -0.2) is 9.36 Å². The molecule has 0 spiro atoms. The summed E-state index contributed by atoms with van der Waals surface area (Å²) in [7, 11) is -4.39. The van der Waals surface area contributed by atoms with Gasteiger partial charge in [0.2, 0.25) is 0 Å². The van der Waals surface area contributed by atoms with Crippen LogP contribution in [0.4, 0.5) is 0 Å². The van der Waals surface area contributed by atoms with E-state index in [4.69, 9.17) is 24.3 Å². The van der Waals surface area contributed by atoms with Crippen LogP contribution < -0.4 is 5.73 Å². The number of phosphoric ester groups is 1. The Morgan fingerprint density at radius 1 is 0.653 bits per heavy atom. The molecule has 0 aromatic carbocycles. The minimum absolute atomic E-state index is 0.0424. The average molecular weight is 716 g/mol. The molecule has 49 heavy (non-hydrogen) atoms. The van der Waals surface area contributed by atoms with Crippen molar-refractivity contribution in [3.05, 3.63) is 24.3 Å². The molecule has 0 saturated carbocycles. The molecule has 0 saturated heterocycles. The predicted octanol–water partition coefficient (Wildman–Crippen LogP) is 10.8. The number of hydrogen-bond donors (Lipinski definition) is 2. The zero-order valence-corrected chi connectivity index (χ0v) is 32.3. The number of hydrogen-bond acceptors (Lipinski definition) is 8. The lowest BCUT2D eigenvalue weighted by Gasteiger charge is -2.19. The van der Waals surface area contributed by atoms with Crippen LogP contribution in [-0.4, -0.2) is 49.3 Å². The van der Waals surface area contributed by atoms with Gasteiger partial charge < -0.3 is 20.1 Å². The van der Waals surface area contributed by atoms with Gasteiger partial charge in [0.1, 0.15) is 6.61 Å². The summed E-state index contributed by atoms with van der Waals surface area (Å²) in [5.74, 6) is -1.08. The summed E-state index contributed by atoms with van der Waals surface area (Å²) >= 11 is 0. The lowest BCUT2D eigenvalue weighted by molar-refractivity contribution is -0.157. The second kappa shape index (κ2) is 36.3. The Labute approximate surface area is 300 Å². The summed E-state index contributed by atoms with van der Waals surface area (Å²) in [5.41, 5.74) is 5.32. The van der Waals surface area contributed by atoms with Crippen LogP contribution >= 0.6 is 7.82 Å². The Morgan fingerprint density at radius 2 is 1.12 bits per heavy atom. The van der Waals surface area contributed by atoms with Crippen molar-refractivity contribution in [2.24, 2.45) is 5.73 Å². The number of ether oxygens (including phenoxy) is 2. The molecule has 10 heteroatoms. The molecule has 0 aromatic heterocycles. The van der Waals surface area contributed by atoms with Crippen molar-refractivity contribution >= 4 is 19.8 Å². The van der Waals surface area contributed by atoms with Crippen molar-refractivity contribution in [1.29, 1.82) is 0 Å². The molecule has 0 bridgehead atoms. The van der Waals surface area contributed by atoms with E-state index in [1.807, 2.05) is 6.08 Å². The third kappa shape index (κ3) is 36.1. The number of carbonyl (C=O) groups is 2. The minimum atomic E-state index is -4.39. The highest BCUT2D eigenvalue weighted by Crippen LogP contribution is 2.43. The number of esters is 2. The van der Waals surface area contributed by atoms with E-state index in [1.54, 1.807) is 12.2 Å². The molecule has 0 heterocycles. The minimum Gasteiger partial charge on any atom is -0.462 e. The number of rotatable bonds is 37. The van der Waals surface area contributed by atoms with Crippen LogP contribution in [-0.2, 0) is 32.7 Å². The molecular formula is C39H74NO8P. The average Bonchev–Trinajstić information content (AvgIpc) is 3.08. The van der Waals surface area contributed by atoms with Crippen molar-refractivity contribution in [3.8, 4) is 0 Å². The first-order valence-electron chi connectivity index (χ1n) is 19.9. The van der Waals surface area contributed by atoms with Crippen molar-refractivity contribution < 1.29 is 37.6 Å². The molecule has 0 fully saturated rings. The van der Waals surface area contributed by atoms with Gasteiger partial charge in [-0.1, -0.05) is 173 Å². The molecule has 9 nitrogen and oxygen atoms in total. The van der Waals surface area contributed by atoms with E-state index >= 15 is 0 Å². The van der Waals surface area contributed by atoms with Gasteiger partial charge in [-0.2, -0.15) is 0 Å². The lowest BCUT2D eigenvalue weighted by Crippen LogP contribution is -2.29. The van der Waals surface area contributed by atoms with E-state index in [0.29, 0.717) is 0 Å². The van der Waals surface area contributed by atoms with Crippen LogP contribution in [0.25, 0.3) is 0 Å². The van der Waals surface area contributed by atoms with Gasteiger partial charge >= 0.3 is 19.8 Å². The maximum atomic E-state index is 12.4. The van der Waals surface area contributed by atoms with Crippen molar-refractivity contribution in [2.45, 2.75) is 187 Å². The molecule has 1 unspecified atom stereocenters. The topological polar surface area (TPSA) is 134 Å². The van der Waals surface area contributed by atoms with Crippen LogP contribution in [0.15, 0.2) is 24.3 Å². The third-order valence-electron chi connectivity index (χ3n) is 8.45. The highest BCUT2D eigenvalue weighted by Gasteiger charge is 2.25. The van der Waals surface area contributed by atoms with E-state index in [9.17, 15) is 19.0 Å². The van der Waals surface area contributed by atoms with Crippen LogP contribution in [0.5, 0.6) is 0 Å². The zero-order chi connectivity index (χ0) is 36.1. The lowest BCUT2D eigenvalue weighted by atomic mass is 10.0. The number of nitrogens with two attached hydrogens (primary N) is 1. The second-order valence-corrected chi connectivity index (χ2v) is 14.7. The fourth-order valence-electron chi connectivity index (χ4n) is 5.48. The molecular weight excluding hydrogens is 641 g/mol. The molecule has 2 atom stereocenters. The Hall–Kier alpha value is -1.51. The van der Waals surface area contributed by atoms with Gasteiger partial charge in [0.25, 0.3) is 0 Å². The van der Waals surface area contributed by atoms with Gasteiger partial charge in [-0.05, 0) is 19.3 Å². The molecule has 0 aromatic rings. The van der Waals surface area contributed by atoms with Gasteiger partial charge in [-0.3, -0.25) is 13.8 Å². The Balaban J connectivity index is 4.30. The van der Waals surface area contributed by atoms with Crippen LogP contribution in [0.3, 0.4) is 0 Å². The first kappa shape index (κ1) is 47.5. The summed E-state index contributed by atoms with van der Waals surface area (Å²) in [6.45, 7) is 3.61. The zero-order valence-electron chi connectivity index (χ0n) is 31.4. The Kier molecular flexibility index (Phi) is 35.2. The van der Waals surface area contributed by atoms with E-state index in [1.165, 1.54) is 134 Å². The van der Waals surface area contributed by atoms with Gasteiger partial charge in [0.15, 0.2) is 6.10 Å². The monoisotopic (exact) mass is 716 g/mol. The Bertz CT molecular complexity index is 866. The molecule has 3 N–H and O–H groups in total. The van der Waals surface area contributed by atoms with Crippen molar-refractivity contribution in [3.63, 3.8) is 0 Å². The number of unbranched alkanes of at least 4 members (excludes halogenated alkanes) is 23. The van der Waals surface area contributed by atoms with Crippen molar-refractivity contribution in [1.82, 2.24) is 0 Å². The maximum absolute atomic E-state index is 12.4. The van der Waals surface area contributed by atoms with Crippen LogP contribution in [0.1, 0.15) is 181 Å². The second-order valence-electron chi connectivity index (χ2n) is 13.2. The molecule has 0 amide bonds. The SMILES string of the molecule is CCCCCCCCCCCCCC=CC=CC(=O)O[C@H](COC(=O)CCCCCCCCCCCCCCC)COP(=O)(O)OCCN. The first-order chi connectivity index (χ1) is 23.8. The van der Waals surface area contributed by atoms with Gasteiger partial charge in [0.05, 0.1) is 13.2 Å². The van der Waals surface area contributed by atoms with E-state index < -0.39 is 32.5 Å². The molecule has 0 aliphatic heterocycles. The summed E-state index contributed by atoms with van der Waals surface area (Å²) in [6, 6.07) is 0. The normalized spacial score (nSPS) is 13.6. The standard InChI is InChI=1S/C39H74NO8P/c1-3-5-7-9-11-13-15-17-18-20-22-24-26-28-30-32-39(42)48-37(36-47-49(43,44)46-34-33-40)35-45-38(41)31-29-27-25-23-21-19-16-14-12-10-8-6-4-2/h26,28,30,32,37H,3-25,27,29,31,33-36,40H2,1-2H3,(H,43,44)/t37-/m1/s1. The fourth-order valence-corrected chi connectivity index (χ4v) is 6.25. The summed E-state index contributed by atoms with van der Waals surface area (Å²) < 4.78 is 32.5. The number of allylic oxidation sites excluding steroid dienone is 3. The van der Waals surface area contributed by atoms with Gasteiger partial charge in [-0.15, -0.1) is 0 Å². The molecule has 288 valence electrons. The van der Waals surface area contributed by atoms with E-state index in [-0.39, 0.29) is 26.2 Å². The van der Waals surface area contributed by atoms with E-state index in [0.717, 1.165) is 32.1 Å². The number of carbonyl (C=O) groups excluding carboxylic acids is 2. The summed E-state index contributed by atoms with van der Waals surface area (Å²) in [4.78, 5) is 34.6. The highest BCUT2D eigenvalue weighted by atomic mass is 31.2. The Morgan fingerprint density at radius 3 is 1.61 bits per heavy atom. The molecule has 0 radical (unpaired) electrons. The summed E-state index contributed by atoms with van der Waals surface area (Å²) in [6.07, 6.45) is 37.0. The molecule has 0 aliphatic carbocycles. The predicted molar refractivity (Wildman–Crippen MR) is 201 cm³/mol. The molecule has 0 rings (SSSR count). The van der Waals surface area contributed by atoms with Crippen molar-refractivity contribution in [2.75, 3.05) is 26.4 Å². The maximum Gasteiger partial charge on any atom is 0.472 e. The fraction of sp³-hybridized carbons (Fsp3) is 0.846. The smallest absolute Gasteiger partial charge is 0.462 e. The summed E-state index contributed by atoms with van der Waals surface area (Å²) in [5, 5.41) is 0. The third-order valence-corrected chi connectivity index (χ3v) is 9.43.